The van der Waals surface area contributed by atoms with Gasteiger partial charge in [0.15, 0.2) is 5.78 Å². The van der Waals surface area contributed by atoms with Crippen LogP contribution in [-0.2, 0) is 4.79 Å². The van der Waals surface area contributed by atoms with Crippen LogP contribution in [0.5, 0.6) is 0 Å². The van der Waals surface area contributed by atoms with Gasteiger partial charge in [-0.15, -0.1) is 0 Å². The number of hydrogen-bond acceptors (Lipinski definition) is 6. The number of ketones is 1. The van der Waals surface area contributed by atoms with Gasteiger partial charge in [0.05, 0.1) is 6.04 Å². The third-order valence-electron chi connectivity index (χ3n) is 4.06. The molecular formula is C15H12Cl2N4O2. The van der Waals surface area contributed by atoms with Crippen LogP contribution in [0.25, 0.3) is 0 Å². The number of halogens is 2. The zero-order chi connectivity index (χ0) is 16.0. The van der Waals surface area contributed by atoms with Crippen LogP contribution in [0.15, 0.2) is 34.1 Å². The Balaban J connectivity index is 1.89. The number of allylic oxidation sites excluding steroid dienone is 1. The van der Waals surface area contributed by atoms with Crippen LogP contribution >= 0.6 is 23.2 Å². The normalized spacial score (nSPS) is 20.3. The molecule has 2 N–H and O–H groups in total. The topological polar surface area (TPSA) is 80.1 Å². The zero-order valence-corrected chi connectivity index (χ0v) is 13.4. The molecule has 8 heteroatoms. The Bertz CT molecular complexity index is 831. The molecular weight excluding hydrogens is 339 g/mol. The largest absolute Gasteiger partial charge is 0.353 e. The highest BCUT2D eigenvalue weighted by Crippen LogP contribution is 2.41. The van der Waals surface area contributed by atoms with E-state index in [1.807, 2.05) is 6.07 Å². The first-order valence-electron chi connectivity index (χ1n) is 7.21. The van der Waals surface area contributed by atoms with Gasteiger partial charge in [0.1, 0.15) is 0 Å². The van der Waals surface area contributed by atoms with E-state index in [0.717, 1.165) is 24.1 Å². The van der Waals surface area contributed by atoms with E-state index < -0.39 is 6.04 Å². The second-order valence-electron chi connectivity index (χ2n) is 5.50. The lowest BCUT2D eigenvalue weighted by Gasteiger charge is -2.25. The van der Waals surface area contributed by atoms with Gasteiger partial charge >= 0.3 is 0 Å². The molecule has 0 amide bonds. The molecule has 0 radical (unpaired) electrons. The number of nitrogens with zero attached hydrogens (tertiary/aromatic N) is 2. The summed E-state index contributed by atoms with van der Waals surface area (Å²) in [7, 11) is 0. The van der Waals surface area contributed by atoms with E-state index in [-0.39, 0.29) is 5.78 Å². The van der Waals surface area contributed by atoms with E-state index in [4.69, 9.17) is 27.8 Å². The molecule has 1 atom stereocenters. The Kier molecular flexibility index (Phi) is 3.50. The number of Topliss-reactive ketones (excluding diaryl/α,β-unsaturated/α-hetero) is 1. The highest BCUT2D eigenvalue weighted by Gasteiger charge is 2.34. The lowest BCUT2D eigenvalue weighted by molar-refractivity contribution is -0.116. The Hall–Kier alpha value is -2.05. The van der Waals surface area contributed by atoms with E-state index in [0.29, 0.717) is 33.7 Å². The molecule has 0 saturated carbocycles. The predicted octanol–water partition coefficient (Wildman–Crippen LogP) is 3.96. The van der Waals surface area contributed by atoms with Gasteiger partial charge in [-0.2, -0.15) is 0 Å². The van der Waals surface area contributed by atoms with Gasteiger partial charge in [-0.1, -0.05) is 29.3 Å². The van der Waals surface area contributed by atoms with Crippen molar-refractivity contribution in [2.75, 3.05) is 10.6 Å². The average Bonchev–Trinajstić information content (AvgIpc) is 2.87. The maximum atomic E-state index is 12.5. The summed E-state index contributed by atoms with van der Waals surface area (Å²) in [5.74, 6) is 1.01. The van der Waals surface area contributed by atoms with Crippen LogP contribution in [0.4, 0.5) is 11.6 Å². The second kappa shape index (κ2) is 5.54. The third-order valence-corrected chi connectivity index (χ3v) is 4.62. The maximum absolute atomic E-state index is 12.5. The van der Waals surface area contributed by atoms with Gasteiger partial charge in [-0.25, -0.2) is 4.63 Å². The number of carbonyl (C=O) groups is 1. The first kappa shape index (κ1) is 14.5. The lowest BCUT2D eigenvalue weighted by atomic mass is 9.87. The molecule has 2 aliphatic rings. The van der Waals surface area contributed by atoms with Gasteiger partial charge in [-0.05, 0) is 40.9 Å². The van der Waals surface area contributed by atoms with Crippen molar-refractivity contribution in [2.24, 2.45) is 0 Å². The van der Waals surface area contributed by atoms with Crippen molar-refractivity contribution in [1.82, 2.24) is 10.3 Å². The quantitative estimate of drug-likeness (QED) is 0.810. The van der Waals surface area contributed by atoms with E-state index in [1.54, 1.807) is 12.1 Å². The summed E-state index contributed by atoms with van der Waals surface area (Å²) in [5, 5.41) is 15.1. The monoisotopic (exact) mass is 350 g/mol. The Morgan fingerprint density at radius 2 is 2.00 bits per heavy atom. The van der Waals surface area contributed by atoms with Crippen molar-refractivity contribution < 1.29 is 9.42 Å². The van der Waals surface area contributed by atoms with Crippen LogP contribution in [0.1, 0.15) is 30.9 Å². The fourth-order valence-corrected chi connectivity index (χ4v) is 3.53. The van der Waals surface area contributed by atoms with E-state index in [1.165, 1.54) is 0 Å². The van der Waals surface area contributed by atoms with Crippen LogP contribution in [0.3, 0.4) is 0 Å². The van der Waals surface area contributed by atoms with E-state index in [9.17, 15) is 4.79 Å². The lowest BCUT2D eigenvalue weighted by Crippen LogP contribution is -2.24. The van der Waals surface area contributed by atoms with Gasteiger partial charge in [0, 0.05) is 27.7 Å². The van der Waals surface area contributed by atoms with Gasteiger partial charge in [0.2, 0.25) is 11.6 Å². The minimum atomic E-state index is -0.428. The summed E-state index contributed by atoms with van der Waals surface area (Å²) in [4.78, 5) is 12.5. The fourth-order valence-electron chi connectivity index (χ4n) is 3.01. The maximum Gasteiger partial charge on any atom is 0.219 e. The van der Waals surface area contributed by atoms with Gasteiger partial charge in [0.25, 0.3) is 0 Å². The molecule has 0 fully saturated rings. The molecule has 6 nitrogen and oxygen atoms in total. The van der Waals surface area contributed by atoms with Crippen LogP contribution in [-0.4, -0.2) is 16.1 Å². The summed E-state index contributed by atoms with van der Waals surface area (Å²) in [5.41, 5.74) is 2.26. The molecule has 23 heavy (non-hydrogen) atoms. The van der Waals surface area contributed by atoms with Crippen molar-refractivity contribution in [3.63, 3.8) is 0 Å². The molecule has 0 spiro atoms. The van der Waals surface area contributed by atoms with Crippen molar-refractivity contribution in [3.05, 3.63) is 45.1 Å². The molecule has 2 heterocycles. The Labute approximate surface area is 141 Å². The summed E-state index contributed by atoms with van der Waals surface area (Å²) in [6.45, 7) is 0. The fraction of sp³-hybridized carbons (Fsp3) is 0.267. The number of carbonyl (C=O) groups excluding carboxylic acids is 1. The number of rotatable bonds is 1. The van der Waals surface area contributed by atoms with Crippen molar-refractivity contribution in [3.8, 4) is 0 Å². The molecule has 118 valence electrons. The molecule has 0 saturated heterocycles. The molecule has 0 unspecified atom stereocenters. The van der Waals surface area contributed by atoms with Gasteiger partial charge in [-0.3, -0.25) is 4.79 Å². The van der Waals surface area contributed by atoms with Crippen molar-refractivity contribution in [1.29, 1.82) is 0 Å². The minimum absolute atomic E-state index is 0.0874. The molecule has 1 aromatic carbocycles. The molecule has 1 aromatic heterocycles. The smallest absolute Gasteiger partial charge is 0.219 e. The Morgan fingerprint density at radius 1 is 1.17 bits per heavy atom. The second-order valence-corrected chi connectivity index (χ2v) is 6.34. The SMILES string of the molecule is O=C1CCCC2=C1[C@@H](c1ccc(Cl)cc1Cl)Nc1nonc1N2. The highest BCUT2D eigenvalue weighted by molar-refractivity contribution is 6.35. The van der Waals surface area contributed by atoms with Crippen molar-refractivity contribution >= 4 is 40.6 Å². The number of anilines is 2. The highest BCUT2D eigenvalue weighted by atomic mass is 35.5. The van der Waals surface area contributed by atoms with Crippen LogP contribution in [0.2, 0.25) is 10.0 Å². The first-order valence-corrected chi connectivity index (χ1v) is 7.96. The number of benzene rings is 1. The van der Waals surface area contributed by atoms with Crippen molar-refractivity contribution in [2.45, 2.75) is 25.3 Å². The molecule has 4 rings (SSSR count). The number of aromatic nitrogens is 2. The zero-order valence-electron chi connectivity index (χ0n) is 11.9. The van der Waals surface area contributed by atoms with E-state index >= 15 is 0 Å². The van der Waals surface area contributed by atoms with Gasteiger partial charge < -0.3 is 10.6 Å². The summed E-state index contributed by atoms with van der Waals surface area (Å²) in [6, 6.07) is 4.79. The first-order chi connectivity index (χ1) is 11.1. The van der Waals surface area contributed by atoms with Crippen LogP contribution in [0, 0.1) is 0 Å². The molecule has 1 aliphatic heterocycles. The minimum Gasteiger partial charge on any atom is -0.353 e. The summed E-state index contributed by atoms with van der Waals surface area (Å²) < 4.78 is 4.78. The average molecular weight is 351 g/mol. The number of fused-ring (bicyclic) bond motifs is 1. The summed E-state index contributed by atoms with van der Waals surface area (Å²) in [6.07, 6.45) is 2.07. The number of nitrogens with one attached hydrogen (secondary N) is 2. The summed E-state index contributed by atoms with van der Waals surface area (Å²) >= 11 is 12.3. The molecule has 2 aromatic rings. The predicted molar refractivity (Wildman–Crippen MR) is 86.6 cm³/mol. The standard InChI is InChI=1S/C15H12Cl2N4O2/c16-7-4-5-8(9(17)6-7)13-12-10(2-1-3-11(12)22)18-14-15(19-13)21-23-20-14/h4-6,13H,1-3H2,(H,18,20)(H,19,21)/t13-/m1/s1. The third kappa shape index (κ3) is 2.48. The Morgan fingerprint density at radius 3 is 2.83 bits per heavy atom. The van der Waals surface area contributed by atoms with E-state index in [2.05, 4.69) is 20.9 Å². The number of hydrogen-bond donors (Lipinski definition) is 2. The molecule has 0 bridgehead atoms. The van der Waals surface area contributed by atoms with Crippen LogP contribution < -0.4 is 10.6 Å². The molecule has 1 aliphatic carbocycles.